The number of ether oxygens (including phenoxy) is 1. The molecule has 1 heterocycles. The molecule has 0 aliphatic heterocycles. The van der Waals surface area contributed by atoms with Gasteiger partial charge in [0, 0.05) is 16.6 Å². The molecule has 28 heavy (non-hydrogen) atoms. The number of anilines is 1. The van der Waals surface area contributed by atoms with Crippen LogP contribution < -0.4 is 5.32 Å². The van der Waals surface area contributed by atoms with Gasteiger partial charge in [0.1, 0.15) is 5.58 Å². The van der Waals surface area contributed by atoms with Crippen molar-refractivity contribution < 1.29 is 18.7 Å². The molecule has 0 spiro atoms. The molecule has 0 unspecified atom stereocenters. The molecule has 3 rings (SSSR count). The minimum absolute atomic E-state index is 0.167. The van der Waals surface area contributed by atoms with Crippen molar-refractivity contribution in [2.24, 2.45) is 0 Å². The maximum absolute atomic E-state index is 12.6. The van der Waals surface area contributed by atoms with Crippen LogP contribution in [0, 0.1) is 13.8 Å². The van der Waals surface area contributed by atoms with Crippen LogP contribution in [-0.4, -0.2) is 19.0 Å². The van der Waals surface area contributed by atoms with Gasteiger partial charge < -0.3 is 14.5 Å². The summed E-state index contributed by atoms with van der Waals surface area (Å²) in [4.78, 5) is 24.4. The topological polar surface area (TPSA) is 68.5 Å². The number of aryl methyl sites for hydroxylation is 2. The highest BCUT2D eigenvalue weighted by Gasteiger charge is 2.15. The summed E-state index contributed by atoms with van der Waals surface area (Å²) in [6, 6.07) is 9.23. The van der Waals surface area contributed by atoms with Crippen LogP contribution in [0.2, 0.25) is 0 Å². The largest absolute Gasteiger partial charge is 0.465 e. The van der Waals surface area contributed by atoms with Gasteiger partial charge in [-0.25, -0.2) is 4.79 Å². The minimum Gasteiger partial charge on any atom is -0.465 e. The predicted octanol–water partition coefficient (Wildman–Crippen LogP) is 5.14. The van der Waals surface area contributed by atoms with Crippen molar-refractivity contribution in [2.75, 3.05) is 12.4 Å². The highest BCUT2D eigenvalue weighted by molar-refractivity contribution is 5.98. The van der Waals surface area contributed by atoms with Crippen LogP contribution in [0.5, 0.6) is 0 Å². The zero-order chi connectivity index (χ0) is 20.4. The molecule has 0 atom stereocenters. The average molecular weight is 379 g/mol. The molecule has 0 saturated heterocycles. The number of benzene rings is 2. The molecular formula is C23H25NO4. The Morgan fingerprint density at radius 1 is 1.11 bits per heavy atom. The van der Waals surface area contributed by atoms with Gasteiger partial charge >= 0.3 is 5.97 Å². The Balaban J connectivity index is 1.84. The molecule has 0 fully saturated rings. The van der Waals surface area contributed by atoms with E-state index in [0.717, 1.165) is 22.1 Å². The second-order valence-corrected chi connectivity index (χ2v) is 7.37. The summed E-state index contributed by atoms with van der Waals surface area (Å²) in [7, 11) is 1.33. The fourth-order valence-electron chi connectivity index (χ4n) is 3.37. The molecule has 2 aromatic carbocycles. The van der Waals surface area contributed by atoms with Crippen LogP contribution in [-0.2, 0) is 16.0 Å². The van der Waals surface area contributed by atoms with Gasteiger partial charge in [-0.2, -0.15) is 0 Å². The molecule has 1 aromatic heterocycles. The molecule has 1 amide bonds. The van der Waals surface area contributed by atoms with E-state index >= 15 is 0 Å². The van der Waals surface area contributed by atoms with E-state index < -0.39 is 5.97 Å². The normalized spacial score (nSPS) is 11.1. The van der Waals surface area contributed by atoms with Gasteiger partial charge in [-0.3, -0.25) is 4.79 Å². The molecule has 5 heteroatoms. The third-order valence-corrected chi connectivity index (χ3v) is 4.95. The molecule has 0 bridgehead atoms. The summed E-state index contributed by atoms with van der Waals surface area (Å²) in [5, 5.41) is 3.86. The number of amides is 1. The van der Waals surface area contributed by atoms with Crippen LogP contribution in [0.15, 0.2) is 41.0 Å². The van der Waals surface area contributed by atoms with E-state index in [2.05, 4.69) is 32.2 Å². The van der Waals surface area contributed by atoms with Gasteiger partial charge in [0.05, 0.1) is 25.4 Å². The second-order valence-electron chi connectivity index (χ2n) is 7.37. The van der Waals surface area contributed by atoms with Gasteiger partial charge in [0.15, 0.2) is 0 Å². The van der Waals surface area contributed by atoms with Crippen molar-refractivity contribution in [1.29, 1.82) is 0 Å². The summed E-state index contributed by atoms with van der Waals surface area (Å²) in [5.74, 6) is -0.211. The van der Waals surface area contributed by atoms with Gasteiger partial charge in [-0.15, -0.1) is 0 Å². The first kappa shape index (κ1) is 19.7. The number of carbonyl (C=O) groups excluding carboxylic acids is 2. The number of hydrogen-bond acceptors (Lipinski definition) is 4. The Hall–Kier alpha value is -3.08. The molecule has 0 aliphatic rings. The SMILES string of the molecule is COC(=O)c1ccc(C)c(NC(=O)Cc2coc3cc(C)c(C(C)C)cc23)c1. The first-order valence-corrected chi connectivity index (χ1v) is 9.29. The van der Waals surface area contributed by atoms with Crippen LogP contribution >= 0.6 is 0 Å². The van der Waals surface area contributed by atoms with Gasteiger partial charge in [0.2, 0.25) is 5.91 Å². The van der Waals surface area contributed by atoms with Gasteiger partial charge in [0.25, 0.3) is 0 Å². The second kappa shape index (κ2) is 7.89. The lowest BCUT2D eigenvalue weighted by Gasteiger charge is -2.11. The van der Waals surface area contributed by atoms with E-state index in [4.69, 9.17) is 9.15 Å². The third-order valence-electron chi connectivity index (χ3n) is 4.95. The maximum Gasteiger partial charge on any atom is 0.337 e. The third kappa shape index (κ3) is 3.93. The average Bonchev–Trinajstić information content (AvgIpc) is 3.03. The molecule has 5 nitrogen and oxygen atoms in total. The van der Waals surface area contributed by atoms with Crippen LogP contribution in [0.1, 0.15) is 52.4 Å². The van der Waals surface area contributed by atoms with Crippen molar-refractivity contribution in [2.45, 2.75) is 40.0 Å². The number of nitrogens with one attached hydrogen (secondary N) is 1. The predicted molar refractivity (Wildman–Crippen MR) is 110 cm³/mol. The summed E-state index contributed by atoms with van der Waals surface area (Å²) in [6.45, 7) is 8.25. The van der Waals surface area contributed by atoms with E-state index in [0.29, 0.717) is 17.2 Å². The zero-order valence-corrected chi connectivity index (χ0v) is 16.9. The molecule has 3 aromatic rings. The lowest BCUT2D eigenvalue weighted by Crippen LogP contribution is -2.15. The Morgan fingerprint density at radius 2 is 1.86 bits per heavy atom. The maximum atomic E-state index is 12.6. The van der Waals surface area contributed by atoms with E-state index in [1.54, 1.807) is 24.5 Å². The Morgan fingerprint density at radius 3 is 2.54 bits per heavy atom. The molecule has 0 aliphatic carbocycles. The number of furan rings is 1. The summed E-state index contributed by atoms with van der Waals surface area (Å²) < 4.78 is 10.4. The standard InChI is InChI=1S/C23H25NO4/c1-13(2)18-11-19-17(12-28-21(19)8-15(18)4)10-22(25)24-20-9-16(23(26)27-5)7-6-14(20)3/h6-9,11-13H,10H2,1-5H3,(H,24,25). The van der Waals surface area contributed by atoms with Gasteiger partial charge in [-0.05, 0) is 60.7 Å². The first-order chi connectivity index (χ1) is 13.3. The number of hydrogen-bond donors (Lipinski definition) is 1. The lowest BCUT2D eigenvalue weighted by atomic mass is 9.95. The van der Waals surface area contributed by atoms with Crippen molar-refractivity contribution in [3.05, 3.63) is 64.4 Å². The molecule has 1 N–H and O–H groups in total. The van der Waals surface area contributed by atoms with E-state index in [-0.39, 0.29) is 12.3 Å². The van der Waals surface area contributed by atoms with Crippen molar-refractivity contribution >= 4 is 28.5 Å². The highest BCUT2D eigenvalue weighted by atomic mass is 16.5. The monoisotopic (exact) mass is 379 g/mol. The highest BCUT2D eigenvalue weighted by Crippen LogP contribution is 2.29. The summed E-state index contributed by atoms with van der Waals surface area (Å²) >= 11 is 0. The molecule has 146 valence electrons. The summed E-state index contributed by atoms with van der Waals surface area (Å²) in [6.07, 6.45) is 1.83. The smallest absolute Gasteiger partial charge is 0.337 e. The fraction of sp³-hybridized carbons (Fsp3) is 0.304. The molecular weight excluding hydrogens is 354 g/mol. The number of esters is 1. The number of carbonyl (C=O) groups is 2. The van der Waals surface area contributed by atoms with E-state index in [1.807, 2.05) is 13.0 Å². The number of rotatable bonds is 5. The number of fused-ring (bicyclic) bond motifs is 1. The van der Waals surface area contributed by atoms with Crippen LogP contribution in [0.3, 0.4) is 0 Å². The Kier molecular flexibility index (Phi) is 5.54. The van der Waals surface area contributed by atoms with Crippen molar-refractivity contribution in [3.63, 3.8) is 0 Å². The number of methoxy groups -OCH3 is 1. The van der Waals surface area contributed by atoms with Crippen molar-refractivity contribution in [1.82, 2.24) is 0 Å². The quantitative estimate of drug-likeness (QED) is 0.623. The molecule has 0 radical (unpaired) electrons. The van der Waals surface area contributed by atoms with Gasteiger partial charge in [-0.1, -0.05) is 19.9 Å². The van der Waals surface area contributed by atoms with Crippen molar-refractivity contribution in [3.8, 4) is 0 Å². The van der Waals surface area contributed by atoms with Crippen LogP contribution in [0.25, 0.3) is 11.0 Å². The minimum atomic E-state index is -0.437. The Labute approximate surface area is 164 Å². The summed E-state index contributed by atoms with van der Waals surface area (Å²) in [5.41, 5.74) is 5.93. The first-order valence-electron chi connectivity index (χ1n) is 9.29. The molecule has 0 saturated carbocycles. The van der Waals surface area contributed by atoms with E-state index in [9.17, 15) is 9.59 Å². The van der Waals surface area contributed by atoms with E-state index in [1.165, 1.54) is 18.2 Å². The van der Waals surface area contributed by atoms with Crippen LogP contribution in [0.4, 0.5) is 5.69 Å². The fourth-order valence-corrected chi connectivity index (χ4v) is 3.37. The zero-order valence-electron chi connectivity index (χ0n) is 16.9. The lowest BCUT2D eigenvalue weighted by molar-refractivity contribution is -0.115. The Bertz CT molecular complexity index is 1050.